The summed E-state index contributed by atoms with van der Waals surface area (Å²) < 4.78 is 36.6. The second-order valence-electron chi connectivity index (χ2n) is 7.42. The minimum atomic E-state index is -4.00. The van der Waals surface area contributed by atoms with E-state index in [1.807, 2.05) is 0 Å². The van der Waals surface area contributed by atoms with Crippen LogP contribution in [0.15, 0.2) is 80.9 Å². The second kappa shape index (κ2) is 8.25. The summed E-state index contributed by atoms with van der Waals surface area (Å²) in [4.78, 5) is 35.1. The zero-order chi connectivity index (χ0) is 24.7. The van der Waals surface area contributed by atoms with E-state index < -0.39 is 33.1 Å². The lowest BCUT2D eigenvalue weighted by Crippen LogP contribution is -2.21. The highest BCUT2D eigenvalue weighted by Gasteiger charge is 2.35. The van der Waals surface area contributed by atoms with Crippen molar-refractivity contribution < 1.29 is 32.1 Å². The Morgan fingerprint density at radius 3 is 2.43 bits per heavy atom. The molecular formula is C23H13N3O8S. The number of ether oxygens (including phenoxy) is 1. The highest BCUT2D eigenvalue weighted by atomic mass is 32.2. The molecule has 5 rings (SSSR count). The zero-order valence-electron chi connectivity index (χ0n) is 17.6. The van der Waals surface area contributed by atoms with Crippen molar-refractivity contribution in [2.75, 3.05) is 0 Å². The van der Waals surface area contributed by atoms with Gasteiger partial charge in [-0.1, -0.05) is 12.1 Å². The Bertz CT molecular complexity index is 1620. The van der Waals surface area contributed by atoms with Crippen LogP contribution in [0.4, 0.5) is 5.69 Å². The maximum absolute atomic E-state index is 13.0. The average Bonchev–Trinajstić information content (AvgIpc) is 3.35. The van der Waals surface area contributed by atoms with E-state index in [1.165, 1.54) is 54.6 Å². The van der Waals surface area contributed by atoms with Crippen LogP contribution in [0.25, 0.3) is 11.5 Å². The van der Waals surface area contributed by atoms with Gasteiger partial charge in [0.05, 0.1) is 20.3 Å². The average molecular weight is 491 g/mol. The first kappa shape index (κ1) is 22.1. The summed E-state index contributed by atoms with van der Waals surface area (Å²) in [6.07, 6.45) is 0. The van der Waals surface area contributed by atoms with Gasteiger partial charge in [-0.05, 0) is 42.5 Å². The van der Waals surface area contributed by atoms with E-state index in [9.17, 15) is 28.1 Å². The first-order valence-corrected chi connectivity index (χ1v) is 11.5. The van der Waals surface area contributed by atoms with Crippen molar-refractivity contribution in [1.29, 1.82) is 0 Å². The molecule has 0 fully saturated rings. The van der Waals surface area contributed by atoms with E-state index in [-0.39, 0.29) is 44.0 Å². The van der Waals surface area contributed by atoms with Gasteiger partial charge in [-0.2, -0.15) is 0 Å². The summed E-state index contributed by atoms with van der Waals surface area (Å²) in [5.41, 5.74) is 0.320. The van der Waals surface area contributed by atoms with Crippen molar-refractivity contribution in [3.8, 4) is 11.5 Å². The molecule has 174 valence electrons. The van der Waals surface area contributed by atoms with Gasteiger partial charge in [-0.3, -0.25) is 14.9 Å². The Labute approximate surface area is 197 Å². The van der Waals surface area contributed by atoms with Crippen LogP contribution in [0.2, 0.25) is 0 Å². The number of nitro benzene ring substituents is 1. The number of nitrogens with zero attached hydrogens (tertiary/aromatic N) is 3. The summed E-state index contributed by atoms with van der Waals surface area (Å²) in [6.45, 7) is -0.398. The van der Waals surface area contributed by atoms with Gasteiger partial charge in [0, 0.05) is 28.8 Å². The predicted octanol–water partition coefficient (Wildman–Crippen LogP) is 3.38. The van der Waals surface area contributed by atoms with Gasteiger partial charge in [-0.25, -0.2) is 13.2 Å². The van der Waals surface area contributed by atoms with E-state index >= 15 is 0 Å². The molecule has 4 aromatic rings. The maximum atomic E-state index is 13.0. The van der Waals surface area contributed by atoms with Gasteiger partial charge in [-0.15, -0.1) is 10.2 Å². The standard InChI is InChI=1S/C23H13N3O8S/c27-21-16-3-1-2-4-18(16)35(31,32)19-11-14(7-10-17(19)21)23(28)33-12-20-24-25-22(34-20)13-5-8-15(9-6-13)26(29)30/h1-11H,12H2. The van der Waals surface area contributed by atoms with E-state index in [2.05, 4.69) is 10.2 Å². The topological polar surface area (TPSA) is 160 Å². The first-order valence-electron chi connectivity index (χ1n) is 10.0. The van der Waals surface area contributed by atoms with Gasteiger partial charge in [0.25, 0.3) is 11.6 Å². The third kappa shape index (κ3) is 3.85. The highest BCUT2D eigenvalue weighted by molar-refractivity contribution is 7.91. The summed E-state index contributed by atoms with van der Waals surface area (Å²) in [7, 11) is -4.00. The molecule has 2 heterocycles. The maximum Gasteiger partial charge on any atom is 0.338 e. The molecule has 0 N–H and O–H groups in total. The fourth-order valence-electron chi connectivity index (χ4n) is 3.58. The van der Waals surface area contributed by atoms with Crippen LogP contribution in [0.5, 0.6) is 0 Å². The molecule has 12 heteroatoms. The van der Waals surface area contributed by atoms with Crippen LogP contribution in [-0.2, 0) is 21.2 Å². The number of fused-ring (bicyclic) bond motifs is 2. The van der Waals surface area contributed by atoms with Crippen LogP contribution in [-0.4, -0.2) is 35.3 Å². The number of rotatable bonds is 5. The zero-order valence-corrected chi connectivity index (χ0v) is 18.4. The summed E-state index contributed by atoms with van der Waals surface area (Å²) in [5.74, 6) is -1.27. The quantitative estimate of drug-likeness (QED) is 0.202. The Morgan fingerprint density at radius 1 is 0.971 bits per heavy atom. The number of ketones is 1. The lowest BCUT2D eigenvalue weighted by Gasteiger charge is -2.19. The summed E-state index contributed by atoms with van der Waals surface area (Å²) in [6, 6.07) is 15.0. The number of hydrogen-bond acceptors (Lipinski definition) is 10. The van der Waals surface area contributed by atoms with Crippen LogP contribution in [0.3, 0.4) is 0 Å². The van der Waals surface area contributed by atoms with Crippen molar-refractivity contribution in [3.63, 3.8) is 0 Å². The minimum absolute atomic E-state index is 0.0232. The molecular weight excluding hydrogens is 478 g/mol. The molecule has 0 bridgehead atoms. The van der Waals surface area contributed by atoms with Crippen molar-refractivity contribution >= 4 is 27.3 Å². The predicted molar refractivity (Wildman–Crippen MR) is 117 cm³/mol. The number of sulfone groups is 1. The van der Waals surface area contributed by atoms with E-state index in [1.54, 1.807) is 6.07 Å². The second-order valence-corrected chi connectivity index (χ2v) is 9.31. The number of esters is 1. The Balaban J connectivity index is 1.33. The number of carbonyl (C=O) groups is 2. The molecule has 0 saturated heterocycles. The molecule has 11 nitrogen and oxygen atoms in total. The smallest absolute Gasteiger partial charge is 0.338 e. The molecule has 1 aliphatic heterocycles. The third-order valence-electron chi connectivity index (χ3n) is 5.29. The molecule has 3 aromatic carbocycles. The lowest BCUT2D eigenvalue weighted by molar-refractivity contribution is -0.384. The number of aromatic nitrogens is 2. The third-order valence-corrected chi connectivity index (χ3v) is 7.14. The Kier molecular flexibility index (Phi) is 5.21. The number of hydrogen-bond donors (Lipinski definition) is 0. The Morgan fingerprint density at radius 2 is 1.69 bits per heavy atom. The number of nitro groups is 1. The number of carbonyl (C=O) groups excluding carboxylic acids is 2. The van der Waals surface area contributed by atoms with Gasteiger partial charge < -0.3 is 9.15 Å². The lowest BCUT2D eigenvalue weighted by atomic mass is 10.0. The first-order chi connectivity index (χ1) is 16.8. The molecule has 1 aromatic heterocycles. The van der Waals surface area contributed by atoms with Crippen molar-refractivity contribution in [2.24, 2.45) is 0 Å². The molecule has 0 unspecified atom stereocenters. The van der Waals surface area contributed by atoms with Crippen LogP contribution in [0, 0.1) is 10.1 Å². The van der Waals surface area contributed by atoms with Gasteiger partial charge in [0.1, 0.15) is 0 Å². The fraction of sp³-hybridized carbons (Fsp3) is 0.0435. The van der Waals surface area contributed by atoms with Crippen molar-refractivity contribution in [1.82, 2.24) is 10.2 Å². The molecule has 1 aliphatic rings. The molecule has 0 atom stereocenters. The number of non-ortho nitro benzene ring substituents is 1. The summed E-state index contributed by atoms with van der Waals surface area (Å²) >= 11 is 0. The van der Waals surface area contributed by atoms with Crippen molar-refractivity contribution in [2.45, 2.75) is 16.4 Å². The monoisotopic (exact) mass is 491 g/mol. The minimum Gasteiger partial charge on any atom is -0.452 e. The van der Waals surface area contributed by atoms with Gasteiger partial charge >= 0.3 is 5.97 Å². The SMILES string of the molecule is O=C(OCc1nnc(-c2ccc([N+](=O)[O-])cc2)o1)c1ccc2c(c1)S(=O)(=O)c1ccccc1C2=O. The molecule has 0 spiro atoms. The Hall–Kier alpha value is -4.71. The molecule has 35 heavy (non-hydrogen) atoms. The van der Waals surface area contributed by atoms with Crippen LogP contribution >= 0.6 is 0 Å². The van der Waals surface area contributed by atoms with E-state index in [4.69, 9.17) is 9.15 Å². The largest absolute Gasteiger partial charge is 0.452 e. The molecule has 0 amide bonds. The van der Waals surface area contributed by atoms with Crippen LogP contribution in [0.1, 0.15) is 32.2 Å². The van der Waals surface area contributed by atoms with E-state index in [0.29, 0.717) is 5.56 Å². The molecule has 0 saturated carbocycles. The summed E-state index contributed by atoms with van der Waals surface area (Å²) in [5, 5.41) is 18.4. The normalized spacial score (nSPS) is 13.5. The van der Waals surface area contributed by atoms with Gasteiger partial charge in [0.2, 0.25) is 15.7 Å². The number of benzene rings is 3. The fourth-order valence-corrected chi connectivity index (χ4v) is 5.25. The molecule has 0 aliphatic carbocycles. The van der Waals surface area contributed by atoms with Crippen LogP contribution < -0.4 is 0 Å². The van der Waals surface area contributed by atoms with Gasteiger partial charge in [0.15, 0.2) is 12.4 Å². The van der Waals surface area contributed by atoms with E-state index in [0.717, 1.165) is 6.07 Å². The highest BCUT2D eigenvalue weighted by Crippen LogP contribution is 2.35. The van der Waals surface area contributed by atoms with Crippen molar-refractivity contribution in [3.05, 3.63) is 99.4 Å². The molecule has 0 radical (unpaired) electrons.